The molecule has 0 amide bonds. The Morgan fingerprint density at radius 2 is 1.52 bits per heavy atom. The summed E-state index contributed by atoms with van der Waals surface area (Å²) in [4.78, 5) is 6.60. The van der Waals surface area contributed by atoms with Gasteiger partial charge < -0.3 is 0 Å². The molecule has 0 N–H and O–H groups in total. The second-order valence-corrected chi connectivity index (χ2v) is 10.7. The van der Waals surface area contributed by atoms with Crippen LogP contribution in [-0.4, -0.2) is 11.0 Å². The maximum atomic E-state index is 2.40. The first-order valence-corrected chi connectivity index (χ1v) is 10.9. The molecule has 0 saturated heterocycles. The summed E-state index contributed by atoms with van der Waals surface area (Å²) in [6.45, 7) is 16.6. The third kappa shape index (κ3) is 3.67. The monoisotopic (exact) mass is 342 g/mol. The van der Waals surface area contributed by atoms with E-state index in [9.17, 15) is 0 Å². The number of thioether (sulfide) groups is 2. The van der Waals surface area contributed by atoms with E-state index in [0.29, 0.717) is 17.3 Å². The van der Waals surface area contributed by atoms with Crippen molar-refractivity contribution < 1.29 is 0 Å². The molecule has 0 radical (unpaired) electrons. The van der Waals surface area contributed by atoms with E-state index in [4.69, 9.17) is 0 Å². The molecule has 2 heterocycles. The first-order valence-electron chi connectivity index (χ1n) is 8.25. The summed E-state index contributed by atoms with van der Waals surface area (Å²) in [7, 11) is 0. The van der Waals surface area contributed by atoms with Gasteiger partial charge in [-0.3, -0.25) is 0 Å². The Morgan fingerprint density at radius 3 is 2.00 bits per heavy atom. The van der Waals surface area contributed by atoms with Crippen LogP contribution in [0.4, 0.5) is 0 Å². The summed E-state index contributed by atoms with van der Waals surface area (Å²) >= 11 is 6.42. The van der Waals surface area contributed by atoms with Crippen molar-refractivity contribution in [1.29, 1.82) is 0 Å². The molecule has 3 heteroatoms. The predicted molar refractivity (Wildman–Crippen MR) is 102 cm³/mol. The number of hydrogen-bond donors (Lipinski definition) is 0. The maximum absolute atomic E-state index is 2.40. The highest BCUT2D eigenvalue weighted by atomic mass is 32.2. The lowest BCUT2D eigenvalue weighted by atomic mass is 9.93. The van der Waals surface area contributed by atoms with Crippen molar-refractivity contribution in [2.75, 3.05) is 5.75 Å². The van der Waals surface area contributed by atoms with Gasteiger partial charge in [0.1, 0.15) is 0 Å². The molecule has 2 rings (SSSR count). The van der Waals surface area contributed by atoms with Gasteiger partial charge in [-0.2, -0.15) is 0 Å². The molecular weight excluding hydrogens is 312 g/mol. The van der Waals surface area contributed by atoms with Gasteiger partial charge in [0.05, 0.1) is 0 Å². The van der Waals surface area contributed by atoms with Crippen LogP contribution in [0, 0.1) is 5.41 Å². The fourth-order valence-electron chi connectivity index (χ4n) is 2.46. The lowest BCUT2D eigenvalue weighted by Crippen LogP contribution is -2.27. The summed E-state index contributed by atoms with van der Waals surface area (Å²) in [5.41, 5.74) is 0.389. The molecule has 0 nitrogen and oxygen atoms in total. The standard InChI is InChI=1S/C18H30S3/c1-8-11(3)14-16-17(15(21-14)12(4)9-2)20-13(10-19-16)18(5,6)7/h11-13H,8-10H2,1-7H3. The minimum Gasteiger partial charge on any atom is -0.142 e. The molecule has 0 fully saturated rings. The van der Waals surface area contributed by atoms with Crippen LogP contribution < -0.4 is 0 Å². The smallest absolute Gasteiger partial charge is 0.0356 e. The molecule has 0 saturated carbocycles. The number of rotatable bonds is 4. The van der Waals surface area contributed by atoms with Crippen LogP contribution in [0.5, 0.6) is 0 Å². The quantitative estimate of drug-likeness (QED) is 0.559. The predicted octanol–water partition coefficient (Wildman–Crippen LogP) is 7.39. The number of thiophene rings is 1. The normalized spacial score (nSPS) is 22.0. The van der Waals surface area contributed by atoms with Crippen molar-refractivity contribution in [3.8, 4) is 0 Å². The van der Waals surface area contributed by atoms with Crippen LogP contribution in [0.3, 0.4) is 0 Å². The largest absolute Gasteiger partial charge is 0.142 e. The van der Waals surface area contributed by atoms with Crippen molar-refractivity contribution in [3.63, 3.8) is 0 Å². The second kappa shape index (κ2) is 6.88. The maximum Gasteiger partial charge on any atom is 0.0356 e. The fourth-order valence-corrected chi connectivity index (χ4v) is 7.90. The molecule has 120 valence electrons. The highest BCUT2D eigenvalue weighted by Gasteiger charge is 2.35. The Kier molecular flexibility index (Phi) is 5.82. The topological polar surface area (TPSA) is 0 Å². The first-order chi connectivity index (χ1) is 9.79. The minimum atomic E-state index is 0.389. The highest BCUT2D eigenvalue weighted by molar-refractivity contribution is 8.06. The molecule has 1 aromatic rings. The van der Waals surface area contributed by atoms with Crippen molar-refractivity contribution in [1.82, 2.24) is 0 Å². The van der Waals surface area contributed by atoms with E-state index in [0.717, 1.165) is 5.25 Å². The van der Waals surface area contributed by atoms with Crippen molar-refractivity contribution in [2.24, 2.45) is 5.41 Å². The van der Waals surface area contributed by atoms with Gasteiger partial charge in [-0.05, 0) is 30.1 Å². The summed E-state index contributed by atoms with van der Waals surface area (Å²) in [5.74, 6) is 2.68. The Morgan fingerprint density at radius 1 is 1.00 bits per heavy atom. The van der Waals surface area contributed by atoms with E-state index in [1.165, 1.54) is 18.6 Å². The average Bonchev–Trinajstić information content (AvgIpc) is 2.83. The number of hydrogen-bond acceptors (Lipinski definition) is 3. The van der Waals surface area contributed by atoms with Crippen LogP contribution in [0.1, 0.15) is 82.9 Å². The van der Waals surface area contributed by atoms with Gasteiger partial charge >= 0.3 is 0 Å². The third-order valence-corrected chi connectivity index (χ3v) is 9.88. The zero-order chi connectivity index (χ0) is 15.8. The van der Waals surface area contributed by atoms with Gasteiger partial charge in [0, 0.05) is 30.5 Å². The van der Waals surface area contributed by atoms with Crippen LogP contribution in [-0.2, 0) is 0 Å². The van der Waals surface area contributed by atoms with E-state index in [2.05, 4.69) is 83.3 Å². The van der Waals surface area contributed by atoms with Gasteiger partial charge in [0.15, 0.2) is 0 Å². The molecule has 0 aromatic carbocycles. The van der Waals surface area contributed by atoms with Crippen LogP contribution in [0.15, 0.2) is 9.79 Å². The summed E-state index contributed by atoms with van der Waals surface area (Å²) in [6, 6.07) is 0. The Hall–Kier alpha value is 0.400. The Balaban J connectivity index is 2.43. The SMILES string of the molecule is CCC(C)c1sc(C(C)CC)c2c1SCC(C(C)(C)C)S2. The highest BCUT2D eigenvalue weighted by Crippen LogP contribution is 2.55. The van der Waals surface area contributed by atoms with E-state index < -0.39 is 0 Å². The van der Waals surface area contributed by atoms with Gasteiger partial charge in [-0.15, -0.1) is 34.9 Å². The third-order valence-electron chi connectivity index (χ3n) is 4.60. The van der Waals surface area contributed by atoms with Crippen molar-refractivity contribution in [3.05, 3.63) is 9.75 Å². The minimum absolute atomic E-state index is 0.389. The zero-order valence-corrected chi connectivity index (χ0v) is 17.0. The first kappa shape index (κ1) is 17.7. The molecular formula is C18H30S3. The van der Waals surface area contributed by atoms with Crippen LogP contribution in [0.2, 0.25) is 0 Å². The van der Waals surface area contributed by atoms with Gasteiger partial charge in [-0.25, -0.2) is 0 Å². The van der Waals surface area contributed by atoms with Crippen molar-refractivity contribution >= 4 is 34.9 Å². The Labute approximate surface area is 143 Å². The van der Waals surface area contributed by atoms with Crippen LogP contribution in [0.25, 0.3) is 0 Å². The van der Waals surface area contributed by atoms with Gasteiger partial charge in [0.2, 0.25) is 0 Å². The molecule has 0 aliphatic carbocycles. The summed E-state index contributed by atoms with van der Waals surface area (Å²) in [5, 5.41) is 0.734. The molecule has 1 aliphatic heterocycles. The molecule has 21 heavy (non-hydrogen) atoms. The fraction of sp³-hybridized carbons (Fsp3) is 0.778. The van der Waals surface area contributed by atoms with E-state index in [1.807, 2.05) is 0 Å². The Bertz CT molecular complexity index is 481. The molecule has 0 spiro atoms. The summed E-state index contributed by atoms with van der Waals surface area (Å²) in [6.07, 6.45) is 2.50. The molecule has 3 unspecified atom stereocenters. The van der Waals surface area contributed by atoms with E-state index >= 15 is 0 Å². The molecule has 1 aromatic heterocycles. The van der Waals surface area contributed by atoms with E-state index in [1.54, 1.807) is 19.5 Å². The lowest BCUT2D eigenvalue weighted by Gasteiger charge is -2.34. The molecule has 1 aliphatic rings. The van der Waals surface area contributed by atoms with Crippen LogP contribution >= 0.6 is 34.9 Å². The zero-order valence-electron chi connectivity index (χ0n) is 14.6. The summed E-state index contributed by atoms with van der Waals surface area (Å²) < 4.78 is 0. The number of fused-ring (bicyclic) bond motifs is 1. The molecule has 0 bridgehead atoms. The van der Waals surface area contributed by atoms with Crippen molar-refractivity contribution in [2.45, 2.75) is 88.2 Å². The lowest BCUT2D eigenvalue weighted by molar-refractivity contribution is 0.413. The van der Waals surface area contributed by atoms with E-state index in [-0.39, 0.29) is 0 Å². The van der Waals surface area contributed by atoms with Gasteiger partial charge in [0.25, 0.3) is 0 Å². The molecule has 3 atom stereocenters. The average molecular weight is 343 g/mol. The van der Waals surface area contributed by atoms with Gasteiger partial charge in [-0.1, -0.05) is 48.5 Å². The second-order valence-electron chi connectivity index (χ2n) is 7.39.